The third-order valence-electron chi connectivity index (χ3n) is 6.50. The predicted octanol–water partition coefficient (Wildman–Crippen LogP) is 5.60. The van der Waals surface area contributed by atoms with E-state index in [1.165, 1.54) is 23.8 Å². The molecule has 0 saturated carbocycles. The van der Waals surface area contributed by atoms with Crippen molar-refractivity contribution in [3.63, 3.8) is 0 Å². The summed E-state index contributed by atoms with van der Waals surface area (Å²) in [4.78, 5) is 22.1. The first kappa shape index (κ1) is 20.4. The molecule has 0 bridgehead atoms. The van der Waals surface area contributed by atoms with Crippen LogP contribution in [-0.4, -0.2) is 27.6 Å². The fraction of sp³-hybridized carbons (Fsp3) is 0.296. The number of benzene rings is 2. The van der Waals surface area contributed by atoms with Gasteiger partial charge in [-0.2, -0.15) is 0 Å². The van der Waals surface area contributed by atoms with Crippen LogP contribution in [-0.2, 0) is 17.6 Å². The molecule has 4 aromatic rings. The normalized spacial score (nSPS) is 15.2. The number of esters is 1. The van der Waals surface area contributed by atoms with Crippen LogP contribution in [0.1, 0.15) is 58.0 Å². The van der Waals surface area contributed by atoms with Crippen LogP contribution in [0.25, 0.3) is 22.3 Å². The van der Waals surface area contributed by atoms with Gasteiger partial charge in [-0.05, 0) is 66.6 Å². The summed E-state index contributed by atoms with van der Waals surface area (Å²) in [6, 6.07) is 16.5. The van der Waals surface area contributed by atoms with Gasteiger partial charge in [-0.1, -0.05) is 43.3 Å². The Labute approximate surface area is 188 Å². The first-order valence-corrected chi connectivity index (χ1v) is 11.2. The van der Waals surface area contributed by atoms with Gasteiger partial charge in [-0.15, -0.1) is 0 Å². The summed E-state index contributed by atoms with van der Waals surface area (Å²) in [7, 11) is 1.42. The zero-order chi connectivity index (χ0) is 22.4. The van der Waals surface area contributed by atoms with Crippen LogP contribution >= 0.6 is 0 Å². The summed E-state index contributed by atoms with van der Waals surface area (Å²) < 4.78 is 7.34. The van der Waals surface area contributed by atoms with Crippen molar-refractivity contribution in [2.75, 3.05) is 7.11 Å². The number of carbonyl (C=O) groups is 1. The summed E-state index contributed by atoms with van der Waals surface area (Å²) in [6.07, 6.45) is 2.87. The number of rotatable bonds is 4. The van der Waals surface area contributed by atoms with E-state index >= 15 is 0 Å². The highest BCUT2D eigenvalue weighted by Crippen LogP contribution is 2.39. The molecule has 2 heterocycles. The molecule has 0 amide bonds. The van der Waals surface area contributed by atoms with E-state index < -0.39 is 0 Å². The van der Waals surface area contributed by atoms with Crippen molar-refractivity contribution < 1.29 is 9.53 Å². The van der Waals surface area contributed by atoms with E-state index in [1.54, 1.807) is 0 Å². The minimum Gasteiger partial charge on any atom is -0.465 e. The Morgan fingerprint density at radius 1 is 1.12 bits per heavy atom. The van der Waals surface area contributed by atoms with Crippen molar-refractivity contribution in [1.29, 1.82) is 0 Å². The molecular formula is C27H27N3O2. The molecule has 1 unspecified atom stereocenters. The lowest BCUT2D eigenvalue weighted by Crippen LogP contribution is -2.12. The molecule has 5 heteroatoms. The molecule has 1 aliphatic rings. The Balaban J connectivity index is 1.61. The van der Waals surface area contributed by atoms with E-state index in [9.17, 15) is 4.79 Å². The van der Waals surface area contributed by atoms with Crippen LogP contribution in [0.15, 0.2) is 48.5 Å². The summed E-state index contributed by atoms with van der Waals surface area (Å²) in [5, 5.41) is 0. The Kier molecular flexibility index (Phi) is 5.04. The number of imidazole rings is 1. The van der Waals surface area contributed by atoms with Crippen LogP contribution in [0.3, 0.4) is 0 Å². The molecule has 0 spiro atoms. The van der Waals surface area contributed by atoms with Crippen molar-refractivity contribution in [2.45, 2.75) is 46.1 Å². The fourth-order valence-electron chi connectivity index (χ4n) is 5.05. The van der Waals surface area contributed by atoms with Crippen LogP contribution in [0.2, 0.25) is 0 Å². The highest BCUT2D eigenvalue weighted by molar-refractivity contribution is 5.97. The number of pyridine rings is 1. The second-order valence-corrected chi connectivity index (χ2v) is 8.51. The molecule has 1 atom stereocenters. The predicted molar refractivity (Wildman–Crippen MR) is 126 cm³/mol. The first-order valence-electron chi connectivity index (χ1n) is 11.2. The second kappa shape index (κ2) is 7.90. The maximum atomic E-state index is 12.3. The number of nitrogens with zero attached hydrogens (tertiary/aromatic N) is 3. The van der Waals surface area contributed by atoms with E-state index in [2.05, 4.69) is 42.7 Å². The van der Waals surface area contributed by atoms with Gasteiger partial charge in [0.2, 0.25) is 0 Å². The maximum Gasteiger partial charge on any atom is 0.338 e. The number of hydrogen-bond donors (Lipinski definition) is 0. The largest absolute Gasteiger partial charge is 0.465 e. The highest BCUT2D eigenvalue weighted by atomic mass is 16.5. The molecule has 2 aromatic carbocycles. The number of aromatic nitrogens is 3. The zero-order valence-electron chi connectivity index (χ0n) is 19.0. The molecule has 1 aliphatic carbocycles. The van der Waals surface area contributed by atoms with Gasteiger partial charge in [0, 0.05) is 12.1 Å². The van der Waals surface area contributed by atoms with Gasteiger partial charge in [0.05, 0.1) is 18.7 Å². The number of hydrogen-bond acceptors (Lipinski definition) is 4. The number of fused-ring (bicyclic) bond motifs is 2. The summed E-state index contributed by atoms with van der Waals surface area (Å²) >= 11 is 0. The van der Waals surface area contributed by atoms with Crippen molar-refractivity contribution in [1.82, 2.24) is 14.5 Å². The number of carbonyl (C=O) groups excluding carboxylic acids is 1. The highest BCUT2D eigenvalue weighted by Gasteiger charge is 2.29. The smallest absolute Gasteiger partial charge is 0.338 e. The first-order chi connectivity index (χ1) is 15.5. The summed E-state index contributed by atoms with van der Waals surface area (Å²) in [5.41, 5.74) is 9.36. The molecule has 0 N–H and O–H groups in total. The quantitative estimate of drug-likeness (QED) is 0.399. The maximum absolute atomic E-state index is 12.3. The van der Waals surface area contributed by atoms with Crippen molar-refractivity contribution in [3.8, 4) is 11.1 Å². The molecule has 5 rings (SSSR count). The molecule has 5 nitrogen and oxygen atoms in total. The van der Waals surface area contributed by atoms with E-state index in [4.69, 9.17) is 14.7 Å². The molecular weight excluding hydrogens is 398 g/mol. The van der Waals surface area contributed by atoms with Gasteiger partial charge in [0.1, 0.15) is 11.3 Å². The third kappa shape index (κ3) is 3.20. The van der Waals surface area contributed by atoms with E-state index in [-0.39, 0.29) is 12.0 Å². The molecule has 2 aromatic heterocycles. The van der Waals surface area contributed by atoms with Crippen LogP contribution in [0.4, 0.5) is 0 Å². The molecule has 0 aliphatic heterocycles. The monoisotopic (exact) mass is 425 g/mol. The van der Waals surface area contributed by atoms with Crippen molar-refractivity contribution in [2.24, 2.45) is 0 Å². The number of methoxy groups -OCH3 is 1. The average molecular weight is 426 g/mol. The van der Waals surface area contributed by atoms with E-state index in [0.29, 0.717) is 5.56 Å². The van der Waals surface area contributed by atoms with Gasteiger partial charge in [0.25, 0.3) is 0 Å². The minimum absolute atomic E-state index is 0.226. The Morgan fingerprint density at radius 2 is 1.94 bits per heavy atom. The van der Waals surface area contributed by atoms with E-state index in [1.807, 2.05) is 31.2 Å². The molecule has 162 valence electrons. The van der Waals surface area contributed by atoms with Crippen LogP contribution in [0.5, 0.6) is 0 Å². The van der Waals surface area contributed by atoms with Gasteiger partial charge >= 0.3 is 5.97 Å². The standard InChI is InChI=1S/C27H27N3O2/c1-5-24-29-25-16(2)14-17(3)28-26(25)30(24)23-13-11-19-15-18(10-12-21(19)23)20-8-6-7-9-22(20)27(31)32-4/h6-10,12,14-15,23H,5,11,13H2,1-4H3. The second-order valence-electron chi connectivity index (χ2n) is 8.51. The minimum atomic E-state index is -0.312. The van der Waals surface area contributed by atoms with Crippen LogP contribution < -0.4 is 0 Å². The fourth-order valence-corrected chi connectivity index (χ4v) is 5.05. The Bertz CT molecular complexity index is 1350. The third-order valence-corrected chi connectivity index (χ3v) is 6.50. The van der Waals surface area contributed by atoms with Gasteiger partial charge in [0.15, 0.2) is 5.65 Å². The van der Waals surface area contributed by atoms with Crippen LogP contribution in [0, 0.1) is 13.8 Å². The molecule has 0 fully saturated rings. The summed E-state index contributed by atoms with van der Waals surface area (Å²) in [5.74, 6) is 0.771. The lowest BCUT2D eigenvalue weighted by Gasteiger charge is -2.18. The zero-order valence-corrected chi connectivity index (χ0v) is 19.0. The van der Waals surface area contributed by atoms with Crippen molar-refractivity contribution >= 4 is 17.1 Å². The van der Waals surface area contributed by atoms with Crippen molar-refractivity contribution in [3.05, 3.63) is 82.3 Å². The molecule has 0 radical (unpaired) electrons. The Morgan fingerprint density at radius 3 is 2.72 bits per heavy atom. The lowest BCUT2D eigenvalue weighted by atomic mass is 9.96. The topological polar surface area (TPSA) is 57.0 Å². The lowest BCUT2D eigenvalue weighted by molar-refractivity contribution is 0.0601. The molecule has 0 saturated heterocycles. The number of ether oxygens (including phenoxy) is 1. The molecule has 32 heavy (non-hydrogen) atoms. The van der Waals surface area contributed by atoms with Gasteiger partial charge < -0.3 is 9.30 Å². The average Bonchev–Trinajstić information content (AvgIpc) is 3.38. The Hall–Kier alpha value is -3.47. The summed E-state index contributed by atoms with van der Waals surface area (Å²) in [6.45, 7) is 6.31. The SMILES string of the molecule is CCc1nc2c(C)cc(C)nc2n1C1CCc2cc(-c3ccccc3C(=O)OC)ccc21. The number of aryl methyl sites for hydroxylation is 4. The van der Waals surface area contributed by atoms with E-state index in [0.717, 1.165) is 53.1 Å². The van der Waals surface area contributed by atoms with Gasteiger partial charge in [-0.3, -0.25) is 0 Å². The van der Waals surface area contributed by atoms with Gasteiger partial charge in [-0.25, -0.2) is 14.8 Å².